The number of hydrogen-bond acceptors (Lipinski definition) is 3. The quantitative estimate of drug-likeness (QED) is 0.768. The van der Waals surface area contributed by atoms with Gasteiger partial charge in [-0.2, -0.15) is 0 Å². The summed E-state index contributed by atoms with van der Waals surface area (Å²) in [5.41, 5.74) is 2.56. The third-order valence-corrected chi connectivity index (χ3v) is 3.17. The fraction of sp³-hybridized carbons (Fsp3) is 0.462. The van der Waals surface area contributed by atoms with Gasteiger partial charge in [0.15, 0.2) is 0 Å². The summed E-state index contributed by atoms with van der Waals surface area (Å²) in [5.74, 6) is 0.263. The van der Waals surface area contributed by atoms with Gasteiger partial charge in [-0.05, 0) is 24.8 Å². The molecule has 0 unspecified atom stereocenters. The monoisotopic (exact) mass is 219 g/mol. The van der Waals surface area contributed by atoms with Crippen LogP contribution in [-0.2, 0) is 9.53 Å². The third-order valence-electron chi connectivity index (χ3n) is 3.17. The number of aryl methyl sites for hydroxylation is 1. The molecular weight excluding hydrogens is 202 g/mol. The number of carbonyl (C=O) groups is 1. The number of rotatable bonds is 2. The average Bonchev–Trinajstić information content (AvgIpc) is 2.78. The lowest BCUT2D eigenvalue weighted by Gasteiger charge is -2.09. The number of hydrogen-bond donors (Lipinski definition) is 1. The molecule has 1 aromatic rings. The highest BCUT2D eigenvalue weighted by Gasteiger charge is 2.30. The second-order valence-electron chi connectivity index (χ2n) is 4.33. The van der Waals surface area contributed by atoms with Crippen molar-refractivity contribution in [3.63, 3.8) is 0 Å². The van der Waals surface area contributed by atoms with Crippen molar-refractivity contribution >= 4 is 5.97 Å². The minimum Gasteiger partial charge on any atom is -0.468 e. The molecule has 0 bridgehead atoms. The van der Waals surface area contributed by atoms with Crippen LogP contribution in [0.1, 0.15) is 23.5 Å². The van der Waals surface area contributed by atoms with Gasteiger partial charge < -0.3 is 10.1 Å². The summed E-state index contributed by atoms with van der Waals surface area (Å²) in [6, 6.07) is 8.36. The van der Waals surface area contributed by atoms with Gasteiger partial charge in [0.05, 0.1) is 7.11 Å². The van der Waals surface area contributed by atoms with Crippen molar-refractivity contribution in [1.29, 1.82) is 0 Å². The first-order valence-electron chi connectivity index (χ1n) is 5.58. The van der Waals surface area contributed by atoms with Crippen LogP contribution in [0, 0.1) is 6.92 Å². The molecule has 1 aliphatic heterocycles. The summed E-state index contributed by atoms with van der Waals surface area (Å²) in [6.45, 7) is 2.93. The highest BCUT2D eigenvalue weighted by Crippen LogP contribution is 2.26. The van der Waals surface area contributed by atoms with Crippen LogP contribution in [0.25, 0.3) is 0 Å². The van der Waals surface area contributed by atoms with Crippen molar-refractivity contribution in [1.82, 2.24) is 5.32 Å². The van der Waals surface area contributed by atoms with E-state index < -0.39 is 0 Å². The lowest BCUT2D eigenvalue weighted by molar-refractivity contribution is -0.142. The zero-order chi connectivity index (χ0) is 11.5. The van der Waals surface area contributed by atoms with Gasteiger partial charge >= 0.3 is 5.97 Å². The molecule has 3 heteroatoms. The molecule has 0 saturated carbocycles. The maximum absolute atomic E-state index is 11.4. The van der Waals surface area contributed by atoms with Crippen LogP contribution in [0.15, 0.2) is 24.3 Å². The van der Waals surface area contributed by atoms with Crippen molar-refractivity contribution in [2.45, 2.75) is 25.3 Å². The van der Waals surface area contributed by atoms with Crippen molar-refractivity contribution in [3.8, 4) is 0 Å². The highest BCUT2D eigenvalue weighted by molar-refractivity contribution is 5.76. The van der Waals surface area contributed by atoms with Crippen molar-refractivity contribution in [2.75, 3.05) is 13.7 Å². The van der Waals surface area contributed by atoms with Crippen molar-refractivity contribution in [3.05, 3.63) is 35.4 Å². The fourth-order valence-electron chi connectivity index (χ4n) is 2.15. The fourth-order valence-corrected chi connectivity index (χ4v) is 2.15. The molecule has 1 saturated heterocycles. The molecule has 0 radical (unpaired) electrons. The van der Waals surface area contributed by atoms with E-state index in [1.165, 1.54) is 18.2 Å². The minimum absolute atomic E-state index is 0.142. The van der Waals surface area contributed by atoms with Crippen LogP contribution >= 0.6 is 0 Å². The second-order valence-corrected chi connectivity index (χ2v) is 4.33. The molecule has 0 amide bonds. The Hall–Kier alpha value is -1.35. The minimum atomic E-state index is -0.158. The summed E-state index contributed by atoms with van der Waals surface area (Å²) in [6.07, 6.45) is 0.829. The van der Waals surface area contributed by atoms with E-state index in [4.69, 9.17) is 4.74 Å². The third kappa shape index (κ3) is 2.25. The van der Waals surface area contributed by atoms with Gasteiger partial charge in [-0.3, -0.25) is 4.79 Å². The molecule has 3 nitrogen and oxygen atoms in total. The lowest BCUT2D eigenvalue weighted by Crippen LogP contribution is -2.31. The molecule has 86 valence electrons. The van der Waals surface area contributed by atoms with Gasteiger partial charge in [0.2, 0.25) is 0 Å². The van der Waals surface area contributed by atoms with E-state index in [2.05, 4.69) is 36.5 Å². The average molecular weight is 219 g/mol. The van der Waals surface area contributed by atoms with Gasteiger partial charge in [-0.1, -0.05) is 29.8 Å². The summed E-state index contributed by atoms with van der Waals surface area (Å²) in [4.78, 5) is 11.4. The molecule has 1 aromatic carbocycles. The molecule has 1 aliphatic rings. The number of ether oxygens (including phenoxy) is 1. The molecule has 0 aromatic heterocycles. The van der Waals surface area contributed by atoms with Gasteiger partial charge in [-0.15, -0.1) is 0 Å². The van der Waals surface area contributed by atoms with E-state index in [0.717, 1.165) is 13.0 Å². The Balaban J connectivity index is 2.03. The first-order valence-corrected chi connectivity index (χ1v) is 5.58. The van der Waals surface area contributed by atoms with E-state index >= 15 is 0 Å². The predicted molar refractivity (Wildman–Crippen MR) is 62.3 cm³/mol. The van der Waals surface area contributed by atoms with Crippen LogP contribution in [0.5, 0.6) is 0 Å². The Morgan fingerprint density at radius 3 is 2.69 bits per heavy atom. The molecule has 0 spiro atoms. The molecule has 16 heavy (non-hydrogen) atoms. The molecule has 0 aliphatic carbocycles. The molecular formula is C13H17NO2. The highest BCUT2D eigenvalue weighted by atomic mass is 16.5. The molecule has 1 fully saturated rings. The van der Waals surface area contributed by atoms with Gasteiger partial charge in [-0.25, -0.2) is 0 Å². The number of methoxy groups -OCH3 is 1. The van der Waals surface area contributed by atoms with Crippen LogP contribution in [0.4, 0.5) is 0 Å². The maximum Gasteiger partial charge on any atom is 0.322 e. The predicted octanol–water partition coefficient (Wildman–Crippen LogP) is 1.61. The first-order chi connectivity index (χ1) is 7.70. The zero-order valence-corrected chi connectivity index (χ0v) is 9.69. The standard InChI is InChI=1S/C13H17NO2/c1-9-3-5-10(6-4-9)11-7-12(14-8-11)13(15)16-2/h3-6,11-12,14H,7-8H2,1-2H3/t11-,12+/m1/s1. The maximum atomic E-state index is 11.4. The normalized spacial score (nSPS) is 24.4. The van der Waals surface area contributed by atoms with Crippen molar-refractivity contribution < 1.29 is 9.53 Å². The second kappa shape index (κ2) is 4.66. The van der Waals surface area contributed by atoms with Crippen LogP contribution in [0.3, 0.4) is 0 Å². The molecule has 1 N–H and O–H groups in total. The molecule has 2 rings (SSSR count). The van der Waals surface area contributed by atoms with Crippen LogP contribution < -0.4 is 5.32 Å². The Morgan fingerprint density at radius 2 is 2.06 bits per heavy atom. The largest absolute Gasteiger partial charge is 0.468 e. The van der Waals surface area contributed by atoms with E-state index in [0.29, 0.717) is 5.92 Å². The van der Waals surface area contributed by atoms with E-state index in [9.17, 15) is 4.79 Å². The number of carbonyl (C=O) groups excluding carboxylic acids is 1. The van der Waals surface area contributed by atoms with E-state index in [-0.39, 0.29) is 12.0 Å². The summed E-state index contributed by atoms with van der Waals surface area (Å²) < 4.78 is 4.74. The number of esters is 1. The van der Waals surface area contributed by atoms with Gasteiger partial charge in [0.1, 0.15) is 6.04 Å². The molecule has 2 atom stereocenters. The Bertz CT molecular complexity index is 372. The SMILES string of the molecule is COC(=O)[C@@H]1C[C@@H](c2ccc(C)cc2)CN1. The number of benzene rings is 1. The lowest BCUT2D eigenvalue weighted by atomic mass is 9.95. The summed E-state index contributed by atoms with van der Waals surface area (Å²) >= 11 is 0. The first kappa shape index (κ1) is 11.1. The van der Waals surface area contributed by atoms with Crippen molar-refractivity contribution in [2.24, 2.45) is 0 Å². The topological polar surface area (TPSA) is 38.3 Å². The smallest absolute Gasteiger partial charge is 0.322 e. The van der Waals surface area contributed by atoms with Gasteiger partial charge in [0.25, 0.3) is 0 Å². The summed E-state index contributed by atoms with van der Waals surface area (Å²) in [7, 11) is 1.43. The molecule has 1 heterocycles. The van der Waals surface area contributed by atoms with Gasteiger partial charge in [0, 0.05) is 6.54 Å². The Labute approximate surface area is 95.8 Å². The Morgan fingerprint density at radius 1 is 1.38 bits per heavy atom. The van der Waals surface area contributed by atoms with E-state index in [1.54, 1.807) is 0 Å². The van der Waals surface area contributed by atoms with Crippen LogP contribution in [0.2, 0.25) is 0 Å². The van der Waals surface area contributed by atoms with E-state index in [1.807, 2.05) is 0 Å². The Kier molecular flexibility index (Phi) is 3.25. The van der Waals surface area contributed by atoms with Crippen LogP contribution in [-0.4, -0.2) is 25.7 Å². The zero-order valence-electron chi connectivity index (χ0n) is 9.69. The number of nitrogens with one attached hydrogen (secondary N) is 1. The summed E-state index contributed by atoms with van der Waals surface area (Å²) in [5, 5.41) is 3.20.